The SMILES string of the molecule is NCCCCS(=O)(=O)NCc1cccc(Cl)c1. The Morgan fingerprint density at radius 3 is 2.71 bits per heavy atom. The van der Waals surface area contributed by atoms with Gasteiger partial charge in [-0.1, -0.05) is 23.7 Å². The predicted molar refractivity (Wildman–Crippen MR) is 70.4 cm³/mol. The van der Waals surface area contributed by atoms with Crippen molar-refractivity contribution in [1.82, 2.24) is 4.72 Å². The summed E-state index contributed by atoms with van der Waals surface area (Å²) in [4.78, 5) is 0. The van der Waals surface area contributed by atoms with E-state index in [1.54, 1.807) is 18.2 Å². The zero-order valence-electron chi connectivity index (χ0n) is 9.52. The zero-order valence-corrected chi connectivity index (χ0v) is 11.1. The van der Waals surface area contributed by atoms with Gasteiger partial charge in [0.15, 0.2) is 0 Å². The van der Waals surface area contributed by atoms with Gasteiger partial charge in [-0.25, -0.2) is 13.1 Å². The van der Waals surface area contributed by atoms with Crippen LogP contribution in [0.3, 0.4) is 0 Å². The maximum atomic E-state index is 11.6. The maximum absolute atomic E-state index is 11.6. The van der Waals surface area contributed by atoms with E-state index >= 15 is 0 Å². The largest absolute Gasteiger partial charge is 0.330 e. The number of sulfonamides is 1. The van der Waals surface area contributed by atoms with Crippen molar-refractivity contribution in [1.29, 1.82) is 0 Å². The van der Waals surface area contributed by atoms with Gasteiger partial charge in [-0.05, 0) is 37.1 Å². The van der Waals surface area contributed by atoms with Gasteiger partial charge in [-0.2, -0.15) is 0 Å². The number of hydrogen-bond acceptors (Lipinski definition) is 3. The van der Waals surface area contributed by atoms with E-state index in [0.717, 1.165) is 12.0 Å². The number of halogens is 1. The number of hydrogen-bond donors (Lipinski definition) is 2. The van der Waals surface area contributed by atoms with Crippen molar-refractivity contribution >= 4 is 21.6 Å². The van der Waals surface area contributed by atoms with E-state index in [0.29, 0.717) is 18.0 Å². The molecule has 0 radical (unpaired) electrons. The minimum Gasteiger partial charge on any atom is -0.330 e. The molecule has 17 heavy (non-hydrogen) atoms. The van der Waals surface area contributed by atoms with E-state index in [2.05, 4.69) is 4.72 Å². The van der Waals surface area contributed by atoms with Crippen LogP contribution >= 0.6 is 11.6 Å². The van der Waals surface area contributed by atoms with Crippen LogP contribution in [0.4, 0.5) is 0 Å². The summed E-state index contributed by atoms with van der Waals surface area (Å²) >= 11 is 5.81. The Morgan fingerprint density at radius 1 is 1.29 bits per heavy atom. The summed E-state index contributed by atoms with van der Waals surface area (Å²) < 4.78 is 25.7. The van der Waals surface area contributed by atoms with Crippen LogP contribution in [0.1, 0.15) is 18.4 Å². The van der Waals surface area contributed by atoms with Crippen molar-refractivity contribution in [2.45, 2.75) is 19.4 Å². The molecule has 0 saturated carbocycles. The molecule has 1 rings (SSSR count). The Kier molecular flexibility index (Phi) is 5.91. The monoisotopic (exact) mass is 276 g/mol. The molecular formula is C11H17ClN2O2S. The highest BCUT2D eigenvalue weighted by atomic mass is 35.5. The quantitative estimate of drug-likeness (QED) is 0.742. The van der Waals surface area contributed by atoms with Crippen LogP contribution in [0, 0.1) is 0 Å². The fourth-order valence-electron chi connectivity index (χ4n) is 1.35. The molecule has 0 aliphatic heterocycles. The normalized spacial score (nSPS) is 11.6. The van der Waals surface area contributed by atoms with Gasteiger partial charge in [0, 0.05) is 11.6 Å². The summed E-state index contributed by atoms with van der Waals surface area (Å²) in [7, 11) is -3.21. The van der Waals surface area contributed by atoms with Gasteiger partial charge in [0.2, 0.25) is 10.0 Å². The van der Waals surface area contributed by atoms with E-state index in [1.807, 2.05) is 6.07 Å². The van der Waals surface area contributed by atoms with E-state index in [4.69, 9.17) is 17.3 Å². The Bertz CT molecular complexity index is 449. The fraction of sp³-hybridized carbons (Fsp3) is 0.455. The Hall–Kier alpha value is -0.620. The highest BCUT2D eigenvalue weighted by Gasteiger charge is 2.09. The van der Waals surface area contributed by atoms with Crippen molar-refractivity contribution in [2.75, 3.05) is 12.3 Å². The van der Waals surface area contributed by atoms with Crippen LogP contribution in [-0.2, 0) is 16.6 Å². The van der Waals surface area contributed by atoms with Crippen LogP contribution in [-0.4, -0.2) is 20.7 Å². The van der Waals surface area contributed by atoms with Crippen LogP contribution in [0.25, 0.3) is 0 Å². The number of nitrogens with one attached hydrogen (secondary N) is 1. The third-order valence-electron chi connectivity index (χ3n) is 2.25. The number of benzene rings is 1. The van der Waals surface area contributed by atoms with Gasteiger partial charge in [0.25, 0.3) is 0 Å². The molecular weight excluding hydrogens is 260 g/mol. The first-order valence-electron chi connectivity index (χ1n) is 5.45. The minimum atomic E-state index is -3.21. The van der Waals surface area contributed by atoms with Crippen molar-refractivity contribution in [3.05, 3.63) is 34.9 Å². The highest BCUT2D eigenvalue weighted by Crippen LogP contribution is 2.10. The number of nitrogens with two attached hydrogens (primary N) is 1. The average molecular weight is 277 g/mol. The summed E-state index contributed by atoms with van der Waals surface area (Å²) in [5.41, 5.74) is 6.16. The van der Waals surface area contributed by atoms with Crippen LogP contribution < -0.4 is 10.5 Å². The van der Waals surface area contributed by atoms with Gasteiger partial charge in [0.1, 0.15) is 0 Å². The van der Waals surface area contributed by atoms with Crippen molar-refractivity contribution in [3.63, 3.8) is 0 Å². The summed E-state index contributed by atoms with van der Waals surface area (Å²) in [6, 6.07) is 7.11. The molecule has 0 heterocycles. The van der Waals surface area contributed by atoms with Crippen LogP contribution in [0.15, 0.2) is 24.3 Å². The lowest BCUT2D eigenvalue weighted by atomic mass is 10.2. The predicted octanol–water partition coefficient (Wildman–Crippen LogP) is 1.50. The molecule has 0 saturated heterocycles. The molecule has 1 aromatic rings. The second kappa shape index (κ2) is 6.96. The molecule has 1 aromatic carbocycles. The van der Waals surface area contributed by atoms with Crippen LogP contribution in [0.5, 0.6) is 0 Å². The Balaban J connectivity index is 2.44. The van der Waals surface area contributed by atoms with Crippen molar-refractivity contribution < 1.29 is 8.42 Å². The summed E-state index contributed by atoms with van der Waals surface area (Å²) in [5.74, 6) is 0.116. The second-order valence-corrected chi connectivity index (χ2v) is 6.13. The Labute approximate surface area is 107 Å². The second-order valence-electron chi connectivity index (χ2n) is 3.77. The third-order valence-corrected chi connectivity index (χ3v) is 3.90. The minimum absolute atomic E-state index is 0.116. The molecule has 4 nitrogen and oxygen atoms in total. The van der Waals surface area contributed by atoms with Gasteiger partial charge in [0.05, 0.1) is 5.75 Å². The molecule has 6 heteroatoms. The molecule has 0 aromatic heterocycles. The van der Waals surface area contributed by atoms with E-state index in [9.17, 15) is 8.42 Å². The summed E-state index contributed by atoms with van der Waals surface area (Å²) in [6.45, 7) is 0.787. The molecule has 0 fully saturated rings. The average Bonchev–Trinajstić information content (AvgIpc) is 2.27. The lowest BCUT2D eigenvalue weighted by Gasteiger charge is -2.06. The van der Waals surface area contributed by atoms with Crippen LogP contribution in [0.2, 0.25) is 5.02 Å². The van der Waals surface area contributed by atoms with Crippen molar-refractivity contribution in [2.24, 2.45) is 5.73 Å². The lowest BCUT2D eigenvalue weighted by molar-refractivity contribution is 0.577. The first-order chi connectivity index (χ1) is 8.03. The summed E-state index contributed by atoms with van der Waals surface area (Å²) in [5, 5.41) is 0.602. The highest BCUT2D eigenvalue weighted by molar-refractivity contribution is 7.89. The van der Waals surface area contributed by atoms with E-state index in [1.165, 1.54) is 0 Å². The van der Waals surface area contributed by atoms with E-state index < -0.39 is 10.0 Å². The molecule has 3 N–H and O–H groups in total. The molecule has 0 aliphatic carbocycles. The first kappa shape index (κ1) is 14.4. The molecule has 0 aliphatic rings. The summed E-state index contributed by atoms with van der Waals surface area (Å²) in [6.07, 6.45) is 1.31. The lowest BCUT2D eigenvalue weighted by Crippen LogP contribution is -2.26. The smallest absolute Gasteiger partial charge is 0.211 e. The molecule has 0 bridgehead atoms. The molecule has 96 valence electrons. The van der Waals surface area contributed by atoms with Gasteiger partial charge in [-0.15, -0.1) is 0 Å². The zero-order chi connectivity index (χ0) is 12.7. The molecule has 0 amide bonds. The molecule has 0 unspecified atom stereocenters. The Morgan fingerprint density at radius 2 is 2.06 bits per heavy atom. The van der Waals surface area contributed by atoms with E-state index in [-0.39, 0.29) is 12.3 Å². The topological polar surface area (TPSA) is 72.2 Å². The molecule has 0 spiro atoms. The number of rotatable bonds is 7. The van der Waals surface area contributed by atoms with Crippen molar-refractivity contribution in [3.8, 4) is 0 Å². The standard InChI is InChI=1S/C11H17ClN2O2S/c12-11-5-3-4-10(8-11)9-14-17(15,16)7-2-1-6-13/h3-5,8,14H,1-2,6-7,9,13H2. The third kappa shape index (κ3) is 6.02. The first-order valence-corrected chi connectivity index (χ1v) is 7.48. The fourth-order valence-corrected chi connectivity index (χ4v) is 2.68. The van der Waals surface area contributed by atoms with Gasteiger partial charge >= 0.3 is 0 Å². The van der Waals surface area contributed by atoms with Gasteiger partial charge in [-0.3, -0.25) is 0 Å². The van der Waals surface area contributed by atoms with Gasteiger partial charge < -0.3 is 5.73 Å². The maximum Gasteiger partial charge on any atom is 0.211 e. The molecule has 0 atom stereocenters. The number of unbranched alkanes of at least 4 members (excludes halogenated alkanes) is 1.